The zero-order chi connectivity index (χ0) is 11.5. The van der Waals surface area contributed by atoms with Gasteiger partial charge in [-0.15, -0.1) is 11.6 Å². The second-order valence-corrected chi connectivity index (χ2v) is 4.26. The average Bonchev–Trinajstić information content (AvgIpc) is 2.70. The van der Waals surface area contributed by atoms with Crippen molar-refractivity contribution in [2.75, 3.05) is 0 Å². The zero-order valence-electron chi connectivity index (χ0n) is 9.78. The monoisotopic (exact) mass is 236 g/mol. The van der Waals surface area contributed by atoms with Gasteiger partial charge in [-0.25, -0.2) is 4.98 Å². The van der Waals surface area contributed by atoms with Crippen LogP contribution in [0.15, 0.2) is 24.3 Å². The van der Waals surface area contributed by atoms with Gasteiger partial charge in [0.2, 0.25) is 0 Å². The Kier molecular flexibility index (Phi) is 3.49. The third-order valence-corrected chi connectivity index (χ3v) is 3.34. The van der Waals surface area contributed by atoms with Gasteiger partial charge in [-0.2, -0.15) is 0 Å². The van der Waals surface area contributed by atoms with Gasteiger partial charge >= 0.3 is 0 Å². The molecule has 86 valence electrons. The maximum atomic E-state index is 5.98. The summed E-state index contributed by atoms with van der Waals surface area (Å²) in [5.41, 5.74) is 2.25. The molecule has 3 heteroatoms. The highest BCUT2D eigenvalue weighted by Crippen LogP contribution is 2.26. The lowest BCUT2D eigenvalue weighted by molar-refractivity contribution is 0.472. The summed E-state index contributed by atoms with van der Waals surface area (Å²) < 4.78 is 2.29. The Balaban J connectivity index is 2.63. The van der Waals surface area contributed by atoms with Crippen LogP contribution in [0.2, 0.25) is 0 Å². The molecule has 0 aliphatic heterocycles. The van der Waals surface area contributed by atoms with E-state index in [0.29, 0.717) is 11.9 Å². The summed E-state index contributed by atoms with van der Waals surface area (Å²) in [6.07, 6.45) is 2.22. The molecular formula is C13H17ClN2. The lowest BCUT2D eigenvalue weighted by atomic mass is 10.1. The van der Waals surface area contributed by atoms with Gasteiger partial charge in [0, 0.05) is 6.04 Å². The van der Waals surface area contributed by atoms with Crippen LogP contribution in [-0.2, 0) is 5.88 Å². The molecule has 0 unspecified atom stereocenters. The van der Waals surface area contributed by atoms with Gasteiger partial charge in [0.05, 0.1) is 16.9 Å². The molecule has 1 heterocycles. The van der Waals surface area contributed by atoms with E-state index in [1.165, 1.54) is 5.52 Å². The summed E-state index contributed by atoms with van der Waals surface area (Å²) in [6, 6.07) is 8.74. The molecule has 0 N–H and O–H groups in total. The van der Waals surface area contributed by atoms with Crippen molar-refractivity contribution in [3.8, 4) is 0 Å². The van der Waals surface area contributed by atoms with Crippen molar-refractivity contribution in [1.29, 1.82) is 0 Å². The first-order valence-corrected chi connectivity index (χ1v) is 6.37. The van der Waals surface area contributed by atoms with E-state index < -0.39 is 0 Å². The minimum Gasteiger partial charge on any atom is -0.324 e. The van der Waals surface area contributed by atoms with Crippen LogP contribution in [0.25, 0.3) is 11.0 Å². The fourth-order valence-corrected chi connectivity index (χ4v) is 2.44. The van der Waals surface area contributed by atoms with Crippen LogP contribution in [0, 0.1) is 0 Å². The van der Waals surface area contributed by atoms with Crippen molar-refractivity contribution >= 4 is 22.6 Å². The maximum absolute atomic E-state index is 5.98. The molecule has 0 radical (unpaired) electrons. The number of alkyl halides is 1. The van der Waals surface area contributed by atoms with Gasteiger partial charge in [0.15, 0.2) is 0 Å². The van der Waals surface area contributed by atoms with Gasteiger partial charge in [-0.05, 0) is 25.0 Å². The smallest absolute Gasteiger partial charge is 0.125 e. The summed E-state index contributed by atoms with van der Waals surface area (Å²) in [4.78, 5) is 4.58. The molecule has 0 fully saturated rings. The van der Waals surface area contributed by atoms with Crippen LogP contribution in [-0.4, -0.2) is 9.55 Å². The maximum Gasteiger partial charge on any atom is 0.125 e. The minimum absolute atomic E-state index is 0.477. The van der Waals surface area contributed by atoms with Crippen molar-refractivity contribution in [3.63, 3.8) is 0 Å². The Labute approximate surface area is 101 Å². The normalized spacial score (nSPS) is 11.5. The summed E-state index contributed by atoms with van der Waals surface area (Å²) in [5.74, 6) is 1.46. The topological polar surface area (TPSA) is 17.8 Å². The van der Waals surface area contributed by atoms with Crippen molar-refractivity contribution in [2.24, 2.45) is 0 Å². The molecule has 1 aromatic carbocycles. The number of halogens is 1. The molecule has 2 nitrogen and oxygen atoms in total. The predicted octanol–water partition coefficient (Wildman–Crippen LogP) is 4.14. The number of rotatable bonds is 4. The van der Waals surface area contributed by atoms with E-state index in [4.69, 9.17) is 11.6 Å². The van der Waals surface area contributed by atoms with Crippen LogP contribution < -0.4 is 0 Å². The lowest BCUT2D eigenvalue weighted by Gasteiger charge is -2.17. The number of para-hydroxylation sites is 2. The van der Waals surface area contributed by atoms with E-state index in [-0.39, 0.29) is 0 Å². The largest absolute Gasteiger partial charge is 0.324 e. The first-order valence-electron chi connectivity index (χ1n) is 5.83. The predicted molar refractivity (Wildman–Crippen MR) is 68.9 cm³/mol. The Morgan fingerprint density at radius 1 is 1.25 bits per heavy atom. The summed E-state index contributed by atoms with van der Waals surface area (Å²) in [7, 11) is 0. The summed E-state index contributed by atoms with van der Waals surface area (Å²) in [5, 5.41) is 0. The van der Waals surface area contributed by atoms with E-state index >= 15 is 0 Å². The molecule has 2 rings (SSSR count). The van der Waals surface area contributed by atoms with Gasteiger partial charge < -0.3 is 4.57 Å². The standard InChI is InChI=1S/C13H17ClN2/c1-3-10(4-2)16-12-8-6-5-7-11(12)15-13(16)9-14/h5-8,10H,3-4,9H2,1-2H3. The molecule has 16 heavy (non-hydrogen) atoms. The van der Waals surface area contributed by atoms with E-state index in [2.05, 4.69) is 35.5 Å². The highest BCUT2D eigenvalue weighted by molar-refractivity contribution is 6.16. The SMILES string of the molecule is CCC(CC)n1c(CCl)nc2ccccc21. The third kappa shape index (κ3) is 1.82. The number of fused-ring (bicyclic) bond motifs is 1. The van der Waals surface area contributed by atoms with Crippen LogP contribution in [0.4, 0.5) is 0 Å². The summed E-state index contributed by atoms with van der Waals surface area (Å²) in [6.45, 7) is 4.42. The molecular weight excluding hydrogens is 220 g/mol. The van der Waals surface area contributed by atoms with Gasteiger partial charge in [-0.1, -0.05) is 26.0 Å². The van der Waals surface area contributed by atoms with Crippen LogP contribution in [0.1, 0.15) is 38.6 Å². The van der Waals surface area contributed by atoms with E-state index in [9.17, 15) is 0 Å². The number of benzene rings is 1. The molecule has 0 spiro atoms. The second kappa shape index (κ2) is 4.88. The molecule has 0 saturated carbocycles. The molecule has 0 amide bonds. The fraction of sp³-hybridized carbons (Fsp3) is 0.462. The highest BCUT2D eigenvalue weighted by atomic mass is 35.5. The molecule has 2 aromatic rings. The van der Waals surface area contributed by atoms with E-state index in [0.717, 1.165) is 24.2 Å². The Morgan fingerprint density at radius 3 is 2.56 bits per heavy atom. The molecule has 0 bridgehead atoms. The molecule has 0 atom stereocenters. The Bertz CT molecular complexity index is 472. The van der Waals surface area contributed by atoms with Crippen molar-refractivity contribution in [1.82, 2.24) is 9.55 Å². The number of imidazole rings is 1. The molecule has 1 aromatic heterocycles. The van der Waals surface area contributed by atoms with Crippen molar-refractivity contribution in [2.45, 2.75) is 38.6 Å². The van der Waals surface area contributed by atoms with Crippen LogP contribution >= 0.6 is 11.6 Å². The lowest BCUT2D eigenvalue weighted by Crippen LogP contribution is -2.09. The molecule has 0 saturated heterocycles. The molecule has 0 aliphatic carbocycles. The highest BCUT2D eigenvalue weighted by Gasteiger charge is 2.15. The van der Waals surface area contributed by atoms with E-state index in [1.54, 1.807) is 0 Å². The summed E-state index contributed by atoms with van der Waals surface area (Å²) >= 11 is 5.98. The van der Waals surface area contributed by atoms with E-state index in [1.807, 2.05) is 12.1 Å². The zero-order valence-corrected chi connectivity index (χ0v) is 10.5. The van der Waals surface area contributed by atoms with Crippen molar-refractivity contribution < 1.29 is 0 Å². The Morgan fingerprint density at radius 2 is 1.94 bits per heavy atom. The van der Waals surface area contributed by atoms with Gasteiger partial charge in [0.25, 0.3) is 0 Å². The average molecular weight is 237 g/mol. The number of nitrogens with zero attached hydrogens (tertiary/aromatic N) is 2. The number of hydrogen-bond acceptors (Lipinski definition) is 1. The van der Waals surface area contributed by atoms with Crippen LogP contribution in [0.5, 0.6) is 0 Å². The third-order valence-electron chi connectivity index (χ3n) is 3.10. The first-order chi connectivity index (χ1) is 7.81. The fourth-order valence-electron chi connectivity index (χ4n) is 2.25. The second-order valence-electron chi connectivity index (χ2n) is 3.99. The van der Waals surface area contributed by atoms with Crippen molar-refractivity contribution in [3.05, 3.63) is 30.1 Å². The van der Waals surface area contributed by atoms with Gasteiger partial charge in [-0.3, -0.25) is 0 Å². The van der Waals surface area contributed by atoms with Crippen LogP contribution in [0.3, 0.4) is 0 Å². The quantitative estimate of drug-likeness (QED) is 0.730. The first kappa shape index (κ1) is 11.5. The number of aromatic nitrogens is 2. The Hall–Kier alpha value is -1.02. The molecule has 0 aliphatic rings. The minimum atomic E-state index is 0.477. The number of hydrogen-bond donors (Lipinski definition) is 0. The van der Waals surface area contributed by atoms with Gasteiger partial charge in [0.1, 0.15) is 5.82 Å².